The third-order valence-electron chi connectivity index (χ3n) is 4.41. The average Bonchev–Trinajstić information content (AvgIpc) is 2.33. The van der Waals surface area contributed by atoms with Crippen molar-refractivity contribution in [2.45, 2.75) is 65.0 Å². The summed E-state index contributed by atoms with van der Waals surface area (Å²) in [5.41, 5.74) is 3.47. The first-order valence-corrected chi connectivity index (χ1v) is 7.40. The van der Waals surface area contributed by atoms with Gasteiger partial charge < -0.3 is 10.0 Å². The Labute approximate surface area is 121 Å². The van der Waals surface area contributed by atoms with Crippen molar-refractivity contribution in [3.05, 3.63) is 29.3 Å². The first-order valence-electron chi connectivity index (χ1n) is 7.40. The van der Waals surface area contributed by atoms with Gasteiger partial charge >= 0.3 is 5.97 Å². The summed E-state index contributed by atoms with van der Waals surface area (Å²) in [6.07, 6.45) is 1.59. The van der Waals surface area contributed by atoms with Crippen LogP contribution < -0.4 is 4.90 Å². The lowest BCUT2D eigenvalue weighted by molar-refractivity contribution is -0.139. The molecular weight excluding hydrogens is 250 g/mol. The highest BCUT2D eigenvalue weighted by atomic mass is 16.4. The standard InChI is InChI=1S/C17H25NO2/c1-6-14(16(19)20)18-15-8-7-11(2)9-13(15)12(3)10-17(18,4)5/h7-9,12,14H,6,10H2,1-5H3,(H,19,20)/t12-,14+/m1/s1. The van der Waals surface area contributed by atoms with Crippen LogP contribution in [-0.2, 0) is 4.79 Å². The lowest BCUT2D eigenvalue weighted by Crippen LogP contribution is -2.56. The Bertz CT molecular complexity index is 522. The number of rotatable bonds is 3. The summed E-state index contributed by atoms with van der Waals surface area (Å²) in [7, 11) is 0. The second-order valence-electron chi connectivity index (χ2n) is 6.61. The Hall–Kier alpha value is -1.51. The summed E-state index contributed by atoms with van der Waals surface area (Å²) >= 11 is 0. The minimum Gasteiger partial charge on any atom is -0.480 e. The summed E-state index contributed by atoms with van der Waals surface area (Å²) in [5.74, 6) is -0.274. The van der Waals surface area contributed by atoms with Crippen molar-refractivity contribution < 1.29 is 9.90 Å². The Balaban J connectivity index is 2.59. The predicted octanol–water partition coefficient (Wildman–Crippen LogP) is 3.95. The van der Waals surface area contributed by atoms with E-state index in [0.717, 1.165) is 12.1 Å². The molecule has 0 aliphatic carbocycles. The van der Waals surface area contributed by atoms with Crippen molar-refractivity contribution in [3.63, 3.8) is 0 Å². The average molecular weight is 275 g/mol. The van der Waals surface area contributed by atoms with Gasteiger partial charge in [-0.05, 0) is 51.2 Å². The molecule has 0 fully saturated rings. The van der Waals surface area contributed by atoms with Gasteiger partial charge in [0.05, 0.1) is 0 Å². The number of carbonyl (C=O) groups is 1. The summed E-state index contributed by atoms with van der Waals surface area (Å²) in [6.45, 7) is 10.6. The highest BCUT2D eigenvalue weighted by Crippen LogP contribution is 2.45. The third kappa shape index (κ3) is 2.41. The second-order valence-corrected chi connectivity index (χ2v) is 6.61. The van der Waals surface area contributed by atoms with Crippen LogP contribution in [0.15, 0.2) is 18.2 Å². The van der Waals surface area contributed by atoms with Gasteiger partial charge in [0.1, 0.15) is 6.04 Å². The quantitative estimate of drug-likeness (QED) is 0.908. The van der Waals surface area contributed by atoms with Gasteiger partial charge in [0, 0.05) is 11.2 Å². The van der Waals surface area contributed by atoms with Crippen LogP contribution in [-0.4, -0.2) is 22.7 Å². The number of aliphatic carboxylic acids is 1. The first kappa shape index (κ1) is 14.9. The molecule has 0 saturated carbocycles. The zero-order valence-electron chi connectivity index (χ0n) is 13.1. The Morgan fingerprint density at radius 1 is 1.50 bits per heavy atom. The molecular formula is C17H25NO2. The van der Waals surface area contributed by atoms with Gasteiger partial charge in [-0.25, -0.2) is 4.79 Å². The molecule has 3 heteroatoms. The first-order chi connectivity index (χ1) is 9.27. The fourth-order valence-electron chi connectivity index (χ4n) is 3.63. The molecule has 0 amide bonds. The van der Waals surface area contributed by atoms with E-state index >= 15 is 0 Å². The van der Waals surface area contributed by atoms with E-state index < -0.39 is 12.0 Å². The van der Waals surface area contributed by atoms with E-state index in [-0.39, 0.29) is 5.54 Å². The number of fused-ring (bicyclic) bond motifs is 1. The Morgan fingerprint density at radius 3 is 2.70 bits per heavy atom. The number of carboxylic acid groups (broad SMARTS) is 1. The summed E-state index contributed by atoms with van der Waals surface area (Å²) in [5, 5.41) is 9.56. The lowest BCUT2D eigenvalue weighted by Gasteiger charge is -2.50. The molecule has 20 heavy (non-hydrogen) atoms. The van der Waals surface area contributed by atoms with Crippen molar-refractivity contribution in [2.75, 3.05) is 4.90 Å². The van der Waals surface area contributed by atoms with Gasteiger partial charge in [0.2, 0.25) is 0 Å². The van der Waals surface area contributed by atoms with E-state index in [0.29, 0.717) is 12.3 Å². The molecule has 0 spiro atoms. The molecule has 0 unspecified atom stereocenters. The van der Waals surface area contributed by atoms with Crippen molar-refractivity contribution in [1.82, 2.24) is 0 Å². The summed E-state index contributed by atoms with van der Waals surface area (Å²) < 4.78 is 0. The van der Waals surface area contributed by atoms with Crippen molar-refractivity contribution >= 4 is 11.7 Å². The Kier molecular flexibility index (Phi) is 3.81. The molecule has 3 nitrogen and oxygen atoms in total. The molecule has 1 aliphatic rings. The van der Waals surface area contributed by atoms with Crippen LogP contribution in [0, 0.1) is 6.92 Å². The summed E-state index contributed by atoms with van der Waals surface area (Å²) in [4.78, 5) is 13.7. The molecule has 2 atom stereocenters. The highest BCUT2D eigenvalue weighted by Gasteiger charge is 2.41. The van der Waals surface area contributed by atoms with Crippen LogP contribution >= 0.6 is 0 Å². The molecule has 0 aromatic heterocycles. The molecule has 1 aromatic rings. The molecule has 2 rings (SSSR count). The van der Waals surface area contributed by atoms with Gasteiger partial charge in [-0.15, -0.1) is 0 Å². The van der Waals surface area contributed by atoms with Crippen LogP contribution in [0.4, 0.5) is 5.69 Å². The molecule has 1 aromatic carbocycles. The monoisotopic (exact) mass is 275 g/mol. The van der Waals surface area contributed by atoms with E-state index in [2.05, 4.69) is 50.8 Å². The van der Waals surface area contributed by atoms with E-state index in [4.69, 9.17) is 0 Å². The third-order valence-corrected chi connectivity index (χ3v) is 4.41. The highest BCUT2D eigenvalue weighted by molar-refractivity contribution is 5.80. The number of aryl methyl sites for hydroxylation is 1. The van der Waals surface area contributed by atoms with Crippen LogP contribution in [0.1, 0.15) is 57.6 Å². The van der Waals surface area contributed by atoms with Crippen LogP contribution in [0.25, 0.3) is 0 Å². The van der Waals surface area contributed by atoms with Crippen molar-refractivity contribution in [2.24, 2.45) is 0 Å². The van der Waals surface area contributed by atoms with Gasteiger partial charge in [0.15, 0.2) is 0 Å². The van der Waals surface area contributed by atoms with Crippen molar-refractivity contribution in [1.29, 1.82) is 0 Å². The normalized spacial score (nSPS) is 22.2. The maximum absolute atomic E-state index is 11.6. The largest absolute Gasteiger partial charge is 0.480 e. The van der Waals surface area contributed by atoms with Gasteiger partial charge in [-0.1, -0.05) is 31.5 Å². The fourth-order valence-corrected chi connectivity index (χ4v) is 3.63. The molecule has 110 valence electrons. The molecule has 1 aliphatic heterocycles. The van der Waals surface area contributed by atoms with Crippen LogP contribution in [0.2, 0.25) is 0 Å². The van der Waals surface area contributed by atoms with Crippen LogP contribution in [0.5, 0.6) is 0 Å². The number of nitrogens with zero attached hydrogens (tertiary/aromatic N) is 1. The van der Waals surface area contributed by atoms with E-state index in [1.807, 2.05) is 6.92 Å². The number of carboxylic acids is 1. The topological polar surface area (TPSA) is 40.5 Å². The molecule has 0 saturated heterocycles. The second kappa shape index (κ2) is 5.12. The van der Waals surface area contributed by atoms with E-state index in [1.165, 1.54) is 11.1 Å². The van der Waals surface area contributed by atoms with Gasteiger partial charge in [-0.3, -0.25) is 0 Å². The zero-order chi connectivity index (χ0) is 15.1. The number of benzene rings is 1. The maximum atomic E-state index is 11.6. The predicted molar refractivity (Wildman–Crippen MR) is 82.5 cm³/mol. The minimum absolute atomic E-state index is 0.138. The van der Waals surface area contributed by atoms with Gasteiger partial charge in [0.25, 0.3) is 0 Å². The molecule has 1 N–H and O–H groups in total. The van der Waals surface area contributed by atoms with Crippen LogP contribution in [0.3, 0.4) is 0 Å². The van der Waals surface area contributed by atoms with Crippen molar-refractivity contribution in [3.8, 4) is 0 Å². The number of anilines is 1. The molecule has 0 radical (unpaired) electrons. The SMILES string of the molecule is CC[C@@H](C(=O)O)N1c2ccc(C)cc2[C@H](C)CC1(C)C. The van der Waals surface area contributed by atoms with E-state index in [9.17, 15) is 9.90 Å². The van der Waals surface area contributed by atoms with E-state index in [1.54, 1.807) is 0 Å². The number of hydrogen-bond acceptors (Lipinski definition) is 2. The minimum atomic E-state index is -0.735. The summed E-state index contributed by atoms with van der Waals surface area (Å²) in [6, 6.07) is 5.91. The zero-order valence-corrected chi connectivity index (χ0v) is 13.1. The maximum Gasteiger partial charge on any atom is 0.326 e. The van der Waals surface area contributed by atoms with Gasteiger partial charge in [-0.2, -0.15) is 0 Å². The fraction of sp³-hybridized carbons (Fsp3) is 0.588. The lowest BCUT2D eigenvalue weighted by atomic mass is 9.78. The number of hydrogen-bond donors (Lipinski definition) is 1. The smallest absolute Gasteiger partial charge is 0.326 e. The molecule has 1 heterocycles. The molecule has 0 bridgehead atoms. The Morgan fingerprint density at radius 2 is 2.15 bits per heavy atom.